The summed E-state index contributed by atoms with van der Waals surface area (Å²) in [6.45, 7) is 1.79. The molecule has 0 atom stereocenters. The van der Waals surface area contributed by atoms with Crippen LogP contribution in [0.15, 0.2) is 47.6 Å². The smallest absolute Gasteiger partial charge is 0.246 e. The van der Waals surface area contributed by atoms with Gasteiger partial charge >= 0.3 is 0 Å². The van der Waals surface area contributed by atoms with E-state index in [1.54, 1.807) is 6.07 Å². The fourth-order valence-electron chi connectivity index (χ4n) is 2.63. The lowest BCUT2D eigenvalue weighted by Gasteiger charge is -2.12. The second-order valence-corrected chi connectivity index (χ2v) is 6.94. The van der Waals surface area contributed by atoms with Gasteiger partial charge in [-0.25, -0.2) is 14.8 Å². The van der Waals surface area contributed by atoms with Crippen molar-refractivity contribution in [2.45, 2.75) is 6.42 Å². The van der Waals surface area contributed by atoms with Crippen molar-refractivity contribution < 1.29 is 4.39 Å². The topological polar surface area (TPSA) is 65.4 Å². The summed E-state index contributed by atoms with van der Waals surface area (Å²) in [5.41, 5.74) is 4.23. The molecule has 0 aliphatic carbocycles. The fraction of sp³-hybridized carbons (Fsp3) is 0.250. The number of anilines is 2. The summed E-state index contributed by atoms with van der Waals surface area (Å²) >= 11 is 6.00. The van der Waals surface area contributed by atoms with Gasteiger partial charge in [-0.15, -0.1) is 0 Å². The predicted molar refractivity (Wildman–Crippen MR) is 114 cm³/mol. The normalized spacial score (nSPS) is 11.5. The Labute approximate surface area is 168 Å². The second-order valence-electron chi connectivity index (χ2n) is 6.53. The molecule has 6 nitrogen and oxygen atoms in total. The summed E-state index contributed by atoms with van der Waals surface area (Å²) in [5.74, 6) is 0.725. The first-order valence-corrected chi connectivity index (χ1v) is 9.30. The molecule has 0 aliphatic heterocycles. The zero-order chi connectivity index (χ0) is 19.9. The second kappa shape index (κ2) is 9.43. The number of benzene rings is 2. The van der Waals surface area contributed by atoms with Crippen molar-refractivity contribution in [1.29, 1.82) is 0 Å². The number of fused-ring (bicyclic) bond motifs is 1. The third-order valence-corrected chi connectivity index (χ3v) is 4.34. The van der Waals surface area contributed by atoms with E-state index >= 15 is 0 Å². The molecule has 0 saturated heterocycles. The van der Waals surface area contributed by atoms with Crippen LogP contribution in [0.2, 0.25) is 5.02 Å². The number of aromatic nitrogens is 2. The van der Waals surface area contributed by atoms with Crippen LogP contribution in [0.4, 0.5) is 16.2 Å². The standard InChI is InChI=1S/C20H22ClFN6/c1-28(2)11-5-10-23-19-16-6-3-4-7-18(16)25-20(26-19)27-24-13-14-8-9-15(22)12-17(14)21/h3-4,6-9,12-13H,5,10-11H2,1-2H3,(H2,23,25,26,27). The van der Waals surface area contributed by atoms with Crippen molar-refractivity contribution in [3.05, 3.63) is 58.9 Å². The van der Waals surface area contributed by atoms with Crippen LogP contribution >= 0.6 is 11.6 Å². The van der Waals surface area contributed by atoms with Gasteiger partial charge < -0.3 is 10.2 Å². The minimum Gasteiger partial charge on any atom is -0.369 e. The minimum atomic E-state index is -0.391. The molecule has 146 valence electrons. The third-order valence-electron chi connectivity index (χ3n) is 4.01. The Morgan fingerprint density at radius 2 is 2.00 bits per heavy atom. The molecular formula is C20H22ClFN6. The first-order valence-electron chi connectivity index (χ1n) is 8.92. The molecule has 0 saturated carbocycles. The third kappa shape index (κ3) is 5.37. The van der Waals surface area contributed by atoms with Gasteiger partial charge in [0.2, 0.25) is 5.95 Å². The maximum Gasteiger partial charge on any atom is 0.246 e. The van der Waals surface area contributed by atoms with Gasteiger partial charge in [-0.3, -0.25) is 0 Å². The van der Waals surface area contributed by atoms with E-state index in [4.69, 9.17) is 11.6 Å². The van der Waals surface area contributed by atoms with Gasteiger partial charge in [-0.1, -0.05) is 23.7 Å². The largest absolute Gasteiger partial charge is 0.369 e. The van der Waals surface area contributed by atoms with Gasteiger partial charge in [0.25, 0.3) is 0 Å². The highest BCUT2D eigenvalue weighted by atomic mass is 35.5. The minimum absolute atomic E-state index is 0.285. The van der Waals surface area contributed by atoms with E-state index in [1.807, 2.05) is 38.4 Å². The van der Waals surface area contributed by atoms with Crippen LogP contribution in [0.1, 0.15) is 12.0 Å². The highest BCUT2D eigenvalue weighted by molar-refractivity contribution is 6.33. The number of halogens is 2. The summed E-state index contributed by atoms with van der Waals surface area (Å²) in [6, 6.07) is 11.9. The maximum absolute atomic E-state index is 13.1. The van der Waals surface area contributed by atoms with E-state index in [1.165, 1.54) is 18.3 Å². The van der Waals surface area contributed by atoms with Gasteiger partial charge in [0.1, 0.15) is 11.6 Å². The van der Waals surface area contributed by atoms with Crippen molar-refractivity contribution in [3.63, 3.8) is 0 Å². The number of hydrazone groups is 1. The molecule has 0 amide bonds. The Morgan fingerprint density at radius 3 is 2.79 bits per heavy atom. The number of para-hydroxylation sites is 1. The first-order chi connectivity index (χ1) is 13.5. The zero-order valence-corrected chi connectivity index (χ0v) is 16.5. The highest BCUT2D eigenvalue weighted by Gasteiger charge is 2.07. The quantitative estimate of drug-likeness (QED) is 0.336. The predicted octanol–water partition coefficient (Wildman–Crippen LogP) is 4.23. The molecule has 1 aromatic heterocycles. The van der Waals surface area contributed by atoms with Gasteiger partial charge in [0, 0.05) is 17.5 Å². The molecular weight excluding hydrogens is 379 g/mol. The van der Waals surface area contributed by atoms with E-state index in [0.29, 0.717) is 11.5 Å². The number of hydrogen-bond acceptors (Lipinski definition) is 6. The Balaban J connectivity index is 1.76. The van der Waals surface area contributed by atoms with Gasteiger partial charge in [0.05, 0.1) is 16.8 Å². The van der Waals surface area contributed by atoms with Gasteiger partial charge in [0.15, 0.2) is 0 Å². The summed E-state index contributed by atoms with van der Waals surface area (Å²) in [4.78, 5) is 11.2. The number of hydrogen-bond donors (Lipinski definition) is 2. The number of nitrogens with zero attached hydrogens (tertiary/aromatic N) is 4. The molecule has 0 unspecified atom stereocenters. The molecule has 2 aromatic carbocycles. The van der Waals surface area contributed by atoms with Crippen molar-refractivity contribution in [2.24, 2.45) is 5.10 Å². The van der Waals surface area contributed by atoms with E-state index < -0.39 is 5.82 Å². The van der Waals surface area contributed by atoms with Crippen molar-refractivity contribution in [1.82, 2.24) is 14.9 Å². The fourth-order valence-corrected chi connectivity index (χ4v) is 2.85. The maximum atomic E-state index is 13.1. The molecule has 2 N–H and O–H groups in total. The molecule has 0 aliphatic rings. The van der Waals surface area contributed by atoms with E-state index in [0.717, 1.165) is 36.2 Å². The molecule has 3 aromatic rings. The first kappa shape index (κ1) is 20.0. The van der Waals surface area contributed by atoms with Crippen LogP contribution < -0.4 is 10.7 Å². The molecule has 0 radical (unpaired) electrons. The van der Waals surface area contributed by atoms with Crippen LogP contribution in [-0.4, -0.2) is 48.3 Å². The molecule has 0 bridgehead atoms. The van der Waals surface area contributed by atoms with Crippen LogP contribution in [0.25, 0.3) is 10.9 Å². The van der Waals surface area contributed by atoms with Gasteiger partial charge in [-0.05, 0) is 57.4 Å². The summed E-state index contributed by atoms with van der Waals surface area (Å²) in [7, 11) is 4.10. The molecule has 0 spiro atoms. The van der Waals surface area contributed by atoms with Crippen LogP contribution in [-0.2, 0) is 0 Å². The zero-order valence-electron chi connectivity index (χ0n) is 15.8. The average molecular weight is 401 g/mol. The SMILES string of the molecule is CN(C)CCCNc1nc(NN=Cc2ccc(F)cc2Cl)nc2ccccc12. The van der Waals surface area contributed by atoms with Crippen LogP contribution in [0.5, 0.6) is 0 Å². The Morgan fingerprint density at radius 1 is 1.18 bits per heavy atom. The van der Waals surface area contributed by atoms with Crippen molar-refractivity contribution in [3.8, 4) is 0 Å². The number of nitrogens with one attached hydrogen (secondary N) is 2. The summed E-state index contributed by atoms with van der Waals surface area (Å²) in [5, 5.41) is 8.74. The summed E-state index contributed by atoms with van der Waals surface area (Å²) in [6.07, 6.45) is 2.50. The highest BCUT2D eigenvalue weighted by Crippen LogP contribution is 2.22. The number of rotatable bonds is 8. The molecule has 0 fully saturated rings. The summed E-state index contributed by atoms with van der Waals surface area (Å²) < 4.78 is 13.1. The van der Waals surface area contributed by atoms with Crippen molar-refractivity contribution in [2.75, 3.05) is 37.9 Å². The van der Waals surface area contributed by atoms with E-state index in [-0.39, 0.29) is 5.02 Å². The van der Waals surface area contributed by atoms with Crippen molar-refractivity contribution >= 4 is 40.5 Å². The van der Waals surface area contributed by atoms with Crippen LogP contribution in [0.3, 0.4) is 0 Å². The lowest BCUT2D eigenvalue weighted by molar-refractivity contribution is 0.405. The Kier molecular flexibility index (Phi) is 6.73. The van der Waals surface area contributed by atoms with E-state index in [2.05, 4.69) is 30.7 Å². The lowest BCUT2D eigenvalue weighted by Crippen LogP contribution is -2.17. The average Bonchev–Trinajstić information content (AvgIpc) is 2.66. The lowest BCUT2D eigenvalue weighted by atomic mass is 10.2. The monoisotopic (exact) mass is 400 g/mol. The van der Waals surface area contributed by atoms with Gasteiger partial charge in [-0.2, -0.15) is 10.1 Å². The Hall–Kier alpha value is -2.77. The molecule has 3 rings (SSSR count). The molecule has 1 heterocycles. The molecule has 8 heteroatoms. The van der Waals surface area contributed by atoms with Crippen LogP contribution in [0, 0.1) is 5.82 Å². The molecule has 28 heavy (non-hydrogen) atoms. The Bertz CT molecular complexity index is 976. The van der Waals surface area contributed by atoms with E-state index in [9.17, 15) is 4.39 Å².